The van der Waals surface area contributed by atoms with E-state index in [9.17, 15) is 5.26 Å². The Hall–Kier alpha value is -3.13. The highest BCUT2D eigenvalue weighted by Crippen LogP contribution is 2.37. The standard InChI is InChI=1S/C20H13N2OP/c21-14-16-11-12-18(13-17(16)15-22)23-24(19-7-3-1-4-8-19)20-9-5-2-6-10-20/h1-13H. The largest absolute Gasteiger partial charge is 0.464 e. The van der Waals surface area contributed by atoms with E-state index in [1.54, 1.807) is 18.2 Å². The van der Waals surface area contributed by atoms with Gasteiger partial charge in [-0.15, -0.1) is 0 Å². The molecule has 24 heavy (non-hydrogen) atoms. The quantitative estimate of drug-likeness (QED) is 0.683. The van der Waals surface area contributed by atoms with Crippen LogP contribution in [-0.4, -0.2) is 0 Å². The third kappa shape index (κ3) is 3.44. The van der Waals surface area contributed by atoms with Gasteiger partial charge in [0.15, 0.2) is 8.15 Å². The lowest BCUT2D eigenvalue weighted by molar-refractivity contribution is 0.629. The number of benzene rings is 3. The topological polar surface area (TPSA) is 56.8 Å². The first-order valence-corrected chi connectivity index (χ1v) is 8.60. The van der Waals surface area contributed by atoms with Crippen LogP contribution in [0.2, 0.25) is 0 Å². The van der Waals surface area contributed by atoms with Gasteiger partial charge < -0.3 is 4.52 Å². The summed E-state index contributed by atoms with van der Waals surface area (Å²) in [6.45, 7) is 0. The maximum Gasteiger partial charge on any atom is 0.150 e. The summed E-state index contributed by atoms with van der Waals surface area (Å²) in [4.78, 5) is 0. The molecule has 0 fully saturated rings. The fraction of sp³-hybridized carbons (Fsp3) is 0. The number of hydrogen-bond donors (Lipinski definition) is 0. The van der Waals surface area contributed by atoms with Gasteiger partial charge in [-0.25, -0.2) is 0 Å². The Morgan fingerprint density at radius 2 is 1.21 bits per heavy atom. The Balaban J connectivity index is 2.00. The molecule has 0 atom stereocenters. The molecule has 3 rings (SSSR count). The van der Waals surface area contributed by atoms with Crippen molar-refractivity contribution in [1.82, 2.24) is 0 Å². The van der Waals surface area contributed by atoms with Crippen LogP contribution in [0.1, 0.15) is 11.1 Å². The summed E-state index contributed by atoms with van der Waals surface area (Å²) < 4.78 is 6.23. The summed E-state index contributed by atoms with van der Waals surface area (Å²) in [7, 11) is -1.05. The van der Waals surface area contributed by atoms with Crippen LogP contribution in [0.15, 0.2) is 78.9 Å². The number of nitriles is 2. The lowest BCUT2D eigenvalue weighted by atomic mass is 10.1. The second kappa shape index (κ2) is 7.42. The van der Waals surface area contributed by atoms with Gasteiger partial charge in [0.1, 0.15) is 17.9 Å². The van der Waals surface area contributed by atoms with Crippen LogP contribution in [0, 0.1) is 22.7 Å². The van der Waals surface area contributed by atoms with E-state index >= 15 is 0 Å². The fourth-order valence-corrected chi connectivity index (χ4v) is 3.98. The maximum atomic E-state index is 9.19. The number of hydrogen-bond acceptors (Lipinski definition) is 3. The van der Waals surface area contributed by atoms with Crippen LogP contribution in [0.5, 0.6) is 5.75 Å². The molecule has 0 bridgehead atoms. The molecule has 0 saturated carbocycles. The van der Waals surface area contributed by atoms with E-state index in [2.05, 4.69) is 0 Å². The molecule has 3 nitrogen and oxygen atoms in total. The monoisotopic (exact) mass is 328 g/mol. The first-order chi connectivity index (χ1) is 11.8. The fourth-order valence-electron chi connectivity index (χ4n) is 2.26. The van der Waals surface area contributed by atoms with Gasteiger partial charge in [-0.05, 0) is 18.2 Å². The van der Waals surface area contributed by atoms with Crippen LogP contribution in [-0.2, 0) is 0 Å². The average Bonchev–Trinajstić information content (AvgIpc) is 2.67. The predicted molar refractivity (Wildman–Crippen MR) is 95.6 cm³/mol. The van der Waals surface area contributed by atoms with E-state index in [1.807, 2.05) is 72.8 Å². The highest BCUT2D eigenvalue weighted by molar-refractivity contribution is 7.68. The molecule has 0 N–H and O–H groups in total. The summed E-state index contributed by atoms with van der Waals surface area (Å²) in [6, 6.07) is 29.1. The van der Waals surface area contributed by atoms with Crippen molar-refractivity contribution in [2.45, 2.75) is 0 Å². The molecule has 0 heterocycles. The minimum atomic E-state index is -1.05. The molecule has 0 aliphatic carbocycles. The Bertz CT molecular complexity index is 872. The van der Waals surface area contributed by atoms with Gasteiger partial charge in [0, 0.05) is 10.6 Å². The van der Waals surface area contributed by atoms with Gasteiger partial charge in [0.25, 0.3) is 0 Å². The van der Waals surface area contributed by atoms with Crippen LogP contribution in [0.25, 0.3) is 0 Å². The normalized spacial score (nSPS) is 9.96. The van der Waals surface area contributed by atoms with Crippen LogP contribution >= 0.6 is 8.15 Å². The van der Waals surface area contributed by atoms with Gasteiger partial charge in [-0.2, -0.15) is 10.5 Å². The summed E-state index contributed by atoms with van der Waals surface area (Å²) in [5, 5.41) is 20.4. The molecule has 0 saturated heterocycles. The zero-order valence-corrected chi connectivity index (χ0v) is 13.6. The second-order valence-electron chi connectivity index (χ2n) is 4.99. The van der Waals surface area contributed by atoms with Crippen molar-refractivity contribution in [3.05, 3.63) is 90.0 Å². The zero-order chi connectivity index (χ0) is 16.8. The van der Waals surface area contributed by atoms with E-state index in [1.165, 1.54) is 0 Å². The predicted octanol–water partition coefficient (Wildman–Crippen LogP) is 3.86. The van der Waals surface area contributed by atoms with Crippen molar-refractivity contribution < 1.29 is 4.52 Å². The Kier molecular flexibility index (Phi) is 4.87. The zero-order valence-electron chi connectivity index (χ0n) is 12.8. The molecule has 0 amide bonds. The van der Waals surface area contributed by atoms with Crippen molar-refractivity contribution in [3.8, 4) is 17.9 Å². The van der Waals surface area contributed by atoms with Crippen molar-refractivity contribution in [2.24, 2.45) is 0 Å². The van der Waals surface area contributed by atoms with E-state index in [-0.39, 0.29) is 0 Å². The van der Waals surface area contributed by atoms with Crippen LogP contribution in [0.3, 0.4) is 0 Å². The van der Waals surface area contributed by atoms with E-state index in [0.29, 0.717) is 16.9 Å². The maximum absolute atomic E-state index is 9.19. The molecule has 0 aliphatic heterocycles. The minimum absolute atomic E-state index is 0.325. The third-order valence-electron chi connectivity index (χ3n) is 3.41. The molecule has 0 aromatic heterocycles. The van der Waals surface area contributed by atoms with Crippen molar-refractivity contribution in [2.75, 3.05) is 0 Å². The summed E-state index contributed by atoms with van der Waals surface area (Å²) in [6.07, 6.45) is 0. The van der Waals surface area contributed by atoms with E-state index < -0.39 is 8.15 Å². The molecule has 0 spiro atoms. The lowest BCUT2D eigenvalue weighted by Crippen LogP contribution is -2.15. The molecule has 0 unspecified atom stereocenters. The number of rotatable bonds is 4. The molecule has 3 aromatic carbocycles. The highest BCUT2D eigenvalue weighted by atomic mass is 31.1. The van der Waals surface area contributed by atoms with Crippen molar-refractivity contribution in [1.29, 1.82) is 10.5 Å². The Morgan fingerprint density at radius 1 is 0.667 bits per heavy atom. The van der Waals surface area contributed by atoms with Gasteiger partial charge in [0.05, 0.1) is 11.1 Å². The Labute approximate surface area is 142 Å². The summed E-state index contributed by atoms with van der Waals surface area (Å²) in [5.74, 6) is 0.587. The van der Waals surface area contributed by atoms with Gasteiger partial charge in [-0.1, -0.05) is 60.7 Å². The minimum Gasteiger partial charge on any atom is -0.464 e. The average molecular weight is 328 g/mol. The molecule has 114 valence electrons. The highest BCUT2D eigenvalue weighted by Gasteiger charge is 2.17. The van der Waals surface area contributed by atoms with Gasteiger partial charge >= 0.3 is 0 Å². The molecule has 4 heteroatoms. The Morgan fingerprint density at radius 3 is 1.71 bits per heavy atom. The number of nitrogens with zero attached hydrogens (tertiary/aromatic N) is 2. The second-order valence-corrected chi connectivity index (χ2v) is 6.79. The third-order valence-corrected chi connectivity index (χ3v) is 5.34. The van der Waals surface area contributed by atoms with Crippen LogP contribution in [0.4, 0.5) is 0 Å². The van der Waals surface area contributed by atoms with Crippen molar-refractivity contribution in [3.63, 3.8) is 0 Å². The SMILES string of the molecule is N#Cc1ccc(OP(c2ccccc2)c2ccccc2)cc1C#N. The van der Waals surface area contributed by atoms with E-state index in [4.69, 9.17) is 9.79 Å². The smallest absolute Gasteiger partial charge is 0.150 e. The summed E-state index contributed by atoms with van der Waals surface area (Å²) in [5.41, 5.74) is 0.680. The van der Waals surface area contributed by atoms with Gasteiger partial charge in [0.2, 0.25) is 0 Å². The van der Waals surface area contributed by atoms with Crippen molar-refractivity contribution >= 4 is 18.8 Å². The molecule has 0 aliphatic rings. The van der Waals surface area contributed by atoms with Crippen LogP contribution < -0.4 is 15.1 Å². The first kappa shape index (κ1) is 15.8. The first-order valence-electron chi connectivity index (χ1n) is 7.34. The summed E-state index contributed by atoms with van der Waals surface area (Å²) >= 11 is 0. The van der Waals surface area contributed by atoms with E-state index in [0.717, 1.165) is 10.6 Å². The molecular formula is C20H13N2OP. The molecule has 0 radical (unpaired) electrons. The van der Waals surface area contributed by atoms with Gasteiger partial charge in [-0.3, -0.25) is 0 Å². The lowest BCUT2D eigenvalue weighted by Gasteiger charge is -2.19. The molecule has 3 aromatic rings. The molecular weight excluding hydrogens is 315 g/mol.